The molecular weight excluding hydrogens is 377 g/mol. The molecule has 0 bridgehead atoms. The summed E-state index contributed by atoms with van der Waals surface area (Å²) in [5.74, 6) is 0. The van der Waals surface area contributed by atoms with Crippen molar-refractivity contribution in [3.8, 4) is 0 Å². The summed E-state index contributed by atoms with van der Waals surface area (Å²) in [4.78, 5) is 0. The van der Waals surface area contributed by atoms with E-state index in [0.717, 1.165) is 0 Å². The minimum atomic E-state index is 0. The first-order chi connectivity index (χ1) is 3.93. The molecule has 0 N–H and O–H groups in total. The van der Waals surface area contributed by atoms with Gasteiger partial charge in [0.05, 0.1) is 0 Å². The average molecular weight is 386 g/mol. The van der Waals surface area contributed by atoms with Crippen molar-refractivity contribution in [3.63, 3.8) is 0 Å². The maximum Gasteiger partial charge on any atom is 1.00 e. The summed E-state index contributed by atoms with van der Waals surface area (Å²) in [5, 5.41) is 0. The predicted molar refractivity (Wildman–Crippen MR) is 36.3 cm³/mol. The number of halogens is 1. The van der Waals surface area contributed by atoms with Crippen LogP contribution in [0.1, 0.15) is 6.92 Å². The second-order valence-corrected chi connectivity index (χ2v) is 1.70. The molecule has 0 saturated carbocycles. The Balaban J connectivity index is 0. The third kappa shape index (κ3) is 4.45. The number of rotatable bonds is 0. The fourth-order valence-corrected chi connectivity index (χ4v) is 0.645. The standard InChI is InChI=1S/C8H9.BrH.Hg/c1-2-8-6-4-3-5-7-8;;/h2-7H,1H3;1H;/q;;+1/p-1. The van der Waals surface area contributed by atoms with Gasteiger partial charge >= 0.3 is 27.7 Å². The Hall–Kier alpha value is 0.635. The SMILES string of the molecule is CC=C1[CH]C=CC=C1.[Br-].[Hg+]. The summed E-state index contributed by atoms with van der Waals surface area (Å²) in [5.41, 5.74) is 1.28. The van der Waals surface area contributed by atoms with Gasteiger partial charge in [0.15, 0.2) is 0 Å². The molecular formula is C8H9BrHg. The summed E-state index contributed by atoms with van der Waals surface area (Å²) in [7, 11) is 0. The van der Waals surface area contributed by atoms with E-state index in [2.05, 4.69) is 18.6 Å². The van der Waals surface area contributed by atoms with Crippen LogP contribution in [-0.4, -0.2) is 0 Å². The van der Waals surface area contributed by atoms with Crippen LogP contribution in [0.5, 0.6) is 0 Å². The third-order valence-corrected chi connectivity index (χ3v) is 1.13. The van der Waals surface area contributed by atoms with Crippen molar-refractivity contribution in [2.45, 2.75) is 6.92 Å². The molecule has 0 aliphatic heterocycles. The van der Waals surface area contributed by atoms with Crippen molar-refractivity contribution >= 4 is 0 Å². The Bertz CT molecular complexity index is 157. The Morgan fingerprint density at radius 1 is 1.20 bits per heavy atom. The normalized spacial score (nSPS) is 17.9. The molecule has 1 aliphatic carbocycles. The topological polar surface area (TPSA) is 0 Å². The summed E-state index contributed by atoms with van der Waals surface area (Å²) in [6.07, 6.45) is 12.3. The minimum Gasteiger partial charge on any atom is -1.00 e. The Kier molecular flexibility index (Phi) is 10.2. The van der Waals surface area contributed by atoms with Crippen molar-refractivity contribution in [1.29, 1.82) is 0 Å². The van der Waals surface area contributed by atoms with Crippen LogP contribution in [0.4, 0.5) is 0 Å². The number of allylic oxidation sites excluding steroid dienone is 6. The van der Waals surface area contributed by atoms with Gasteiger partial charge in [-0.3, -0.25) is 0 Å². The van der Waals surface area contributed by atoms with Gasteiger partial charge in [-0.15, -0.1) is 0 Å². The molecule has 1 aliphatic rings. The molecule has 2 heteroatoms. The van der Waals surface area contributed by atoms with Gasteiger partial charge in [-0.25, -0.2) is 0 Å². The molecule has 0 aromatic rings. The Morgan fingerprint density at radius 3 is 2.20 bits per heavy atom. The first-order valence-electron chi connectivity index (χ1n) is 2.78. The smallest absolute Gasteiger partial charge is 1.00 e. The van der Waals surface area contributed by atoms with Crippen LogP contribution in [0, 0.1) is 6.42 Å². The van der Waals surface area contributed by atoms with E-state index in [1.165, 1.54) is 5.57 Å². The summed E-state index contributed by atoms with van der Waals surface area (Å²) >= 11 is 0. The second kappa shape index (κ2) is 7.74. The molecule has 50 valence electrons. The van der Waals surface area contributed by atoms with Crippen molar-refractivity contribution < 1.29 is 44.7 Å². The molecule has 0 amide bonds. The van der Waals surface area contributed by atoms with Gasteiger partial charge in [0.2, 0.25) is 0 Å². The molecule has 0 nitrogen and oxygen atoms in total. The summed E-state index contributed by atoms with van der Waals surface area (Å²) < 4.78 is 0. The van der Waals surface area contributed by atoms with Crippen LogP contribution in [0.25, 0.3) is 0 Å². The maximum absolute atomic E-state index is 2.08. The predicted octanol–water partition coefficient (Wildman–Crippen LogP) is -0.736. The number of hydrogen-bond donors (Lipinski definition) is 0. The molecule has 0 fully saturated rings. The van der Waals surface area contributed by atoms with E-state index in [4.69, 9.17) is 0 Å². The fourth-order valence-electron chi connectivity index (χ4n) is 0.645. The van der Waals surface area contributed by atoms with Gasteiger partial charge in [0, 0.05) is 6.42 Å². The fraction of sp³-hybridized carbons (Fsp3) is 0.125. The molecule has 0 saturated heterocycles. The zero-order valence-electron chi connectivity index (χ0n) is 6.05. The van der Waals surface area contributed by atoms with Crippen molar-refractivity contribution in [3.05, 3.63) is 42.4 Å². The van der Waals surface area contributed by atoms with E-state index in [-0.39, 0.29) is 44.7 Å². The largest absolute Gasteiger partial charge is 1.00 e. The molecule has 0 aromatic carbocycles. The number of hydrogen-bond acceptors (Lipinski definition) is 0. The van der Waals surface area contributed by atoms with E-state index in [0.29, 0.717) is 0 Å². The maximum atomic E-state index is 2.08. The van der Waals surface area contributed by atoms with Gasteiger partial charge < -0.3 is 17.0 Å². The monoisotopic (exact) mass is 386 g/mol. The Labute approximate surface area is 93.4 Å². The van der Waals surface area contributed by atoms with Crippen molar-refractivity contribution in [2.75, 3.05) is 0 Å². The molecule has 0 atom stereocenters. The van der Waals surface area contributed by atoms with Crippen molar-refractivity contribution in [2.24, 2.45) is 0 Å². The average Bonchev–Trinajstić information content (AvgIpc) is 1.90. The van der Waals surface area contributed by atoms with Crippen LogP contribution in [0.3, 0.4) is 0 Å². The summed E-state index contributed by atoms with van der Waals surface area (Å²) in [6.45, 7) is 2.04. The van der Waals surface area contributed by atoms with Crippen LogP contribution in [-0.2, 0) is 27.7 Å². The van der Waals surface area contributed by atoms with E-state index in [9.17, 15) is 0 Å². The zero-order valence-corrected chi connectivity index (χ0v) is 13.1. The van der Waals surface area contributed by atoms with Gasteiger partial charge in [-0.1, -0.05) is 30.4 Å². The van der Waals surface area contributed by atoms with Crippen LogP contribution in [0.2, 0.25) is 0 Å². The quantitative estimate of drug-likeness (QED) is 0.482. The Morgan fingerprint density at radius 2 is 1.90 bits per heavy atom. The molecule has 0 spiro atoms. The van der Waals surface area contributed by atoms with E-state index >= 15 is 0 Å². The molecule has 10 heavy (non-hydrogen) atoms. The van der Waals surface area contributed by atoms with Gasteiger partial charge in [-0.05, 0) is 12.5 Å². The molecule has 0 aromatic heterocycles. The summed E-state index contributed by atoms with van der Waals surface area (Å²) in [6, 6.07) is 0. The first-order valence-corrected chi connectivity index (χ1v) is 2.78. The zero-order chi connectivity index (χ0) is 5.82. The van der Waals surface area contributed by atoms with Crippen LogP contribution < -0.4 is 17.0 Å². The van der Waals surface area contributed by atoms with Gasteiger partial charge in [-0.2, -0.15) is 0 Å². The molecule has 1 rings (SSSR count). The second-order valence-electron chi connectivity index (χ2n) is 1.70. The van der Waals surface area contributed by atoms with Gasteiger partial charge in [0.1, 0.15) is 0 Å². The third-order valence-electron chi connectivity index (χ3n) is 1.13. The first kappa shape index (κ1) is 13.2. The van der Waals surface area contributed by atoms with Crippen LogP contribution in [0.15, 0.2) is 36.0 Å². The van der Waals surface area contributed by atoms with Gasteiger partial charge in [0.25, 0.3) is 0 Å². The van der Waals surface area contributed by atoms with E-state index in [1.807, 2.05) is 25.2 Å². The molecule has 0 heterocycles. The van der Waals surface area contributed by atoms with E-state index in [1.54, 1.807) is 0 Å². The minimum absolute atomic E-state index is 0. The molecule has 0 unspecified atom stereocenters. The van der Waals surface area contributed by atoms with Crippen molar-refractivity contribution in [1.82, 2.24) is 0 Å². The van der Waals surface area contributed by atoms with Crippen LogP contribution >= 0.6 is 0 Å². The van der Waals surface area contributed by atoms with E-state index < -0.39 is 0 Å². The molecule has 2 radical (unpaired) electrons.